The molecule has 0 heterocycles. The Kier molecular flexibility index (Phi) is 3.78. The molecule has 0 fully saturated rings. The van der Waals surface area contributed by atoms with Gasteiger partial charge in [0, 0.05) is 25.5 Å². The third-order valence-corrected chi connectivity index (χ3v) is 2.56. The molecule has 4 heteroatoms. The number of aryl methyl sites for hydroxylation is 1. The highest BCUT2D eigenvalue weighted by Gasteiger charge is 2.22. The number of nitrogens with zero attached hydrogens (tertiary/aromatic N) is 1. The Bertz CT molecular complexity index is 419. The van der Waals surface area contributed by atoms with E-state index in [1.807, 2.05) is 44.1 Å². The minimum absolute atomic E-state index is 0.182. The Labute approximate surface area is 103 Å². The van der Waals surface area contributed by atoms with Gasteiger partial charge in [0.2, 0.25) is 5.91 Å². The summed E-state index contributed by atoms with van der Waals surface area (Å²) in [6.45, 7) is 5.34. The van der Waals surface area contributed by atoms with Crippen LogP contribution in [-0.4, -0.2) is 25.5 Å². The van der Waals surface area contributed by atoms with Gasteiger partial charge >= 0.3 is 0 Å². The fourth-order valence-electron chi connectivity index (χ4n) is 1.35. The van der Waals surface area contributed by atoms with E-state index in [-0.39, 0.29) is 5.91 Å². The molecule has 0 saturated heterocycles. The first-order chi connectivity index (χ1) is 7.71. The van der Waals surface area contributed by atoms with Crippen LogP contribution in [0.3, 0.4) is 0 Å². The van der Waals surface area contributed by atoms with E-state index in [1.165, 1.54) is 0 Å². The van der Waals surface area contributed by atoms with Gasteiger partial charge in [0.1, 0.15) is 0 Å². The number of rotatable bonds is 3. The van der Waals surface area contributed by atoms with Crippen LogP contribution >= 0.6 is 0 Å². The first-order valence-corrected chi connectivity index (χ1v) is 5.60. The first kappa shape index (κ1) is 13.5. The molecule has 0 unspecified atom stereocenters. The molecule has 0 aliphatic rings. The lowest BCUT2D eigenvalue weighted by atomic mass is 10.1. The molecule has 0 aromatic heterocycles. The summed E-state index contributed by atoms with van der Waals surface area (Å²) in [4.78, 5) is 13.8. The molecule has 0 spiro atoms. The van der Waals surface area contributed by atoms with Crippen molar-refractivity contribution in [2.24, 2.45) is 5.73 Å². The summed E-state index contributed by atoms with van der Waals surface area (Å²) in [7, 11) is 3.96. The molecule has 1 rings (SSSR count). The Balaban J connectivity index is 2.91. The van der Waals surface area contributed by atoms with Crippen molar-refractivity contribution in [2.45, 2.75) is 26.3 Å². The van der Waals surface area contributed by atoms with Crippen molar-refractivity contribution >= 4 is 17.3 Å². The predicted octanol–water partition coefficient (Wildman–Crippen LogP) is 1.74. The molecule has 1 aromatic carbocycles. The fourth-order valence-corrected chi connectivity index (χ4v) is 1.35. The van der Waals surface area contributed by atoms with E-state index < -0.39 is 5.54 Å². The molecule has 0 aliphatic carbocycles. The number of hydrogen-bond donors (Lipinski definition) is 2. The van der Waals surface area contributed by atoms with Gasteiger partial charge in [0.15, 0.2) is 0 Å². The molecule has 0 atom stereocenters. The zero-order valence-corrected chi connectivity index (χ0v) is 11.2. The minimum Gasteiger partial charge on any atom is -0.378 e. The molecule has 0 radical (unpaired) electrons. The topological polar surface area (TPSA) is 58.4 Å². The molecule has 94 valence electrons. The highest BCUT2D eigenvalue weighted by molar-refractivity contribution is 5.98. The number of nitrogens with one attached hydrogen (secondary N) is 1. The maximum Gasteiger partial charge on any atom is 0.243 e. The van der Waals surface area contributed by atoms with Crippen LogP contribution in [0.15, 0.2) is 18.2 Å². The third-order valence-electron chi connectivity index (χ3n) is 2.56. The predicted molar refractivity (Wildman–Crippen MR) is 72.4 cm³/mol. The molecular weight excluding hydrogens is 214 g/mol. The number of carbonyl (C=O) groups is 1. The zero-order chi connectivity index (χ0) is 13.2. The Morgan fingerprint density at radius 2 is 1.94 bits per heavy atom. The highest BCUT2D eigenvalue weighted by atomic mass is 16.2. The van der Waals surface area contributed by atoms with Crippen LogP contribution in [-0.2, 0) is 4.79 Å². The summed E-state index contributed by atoms with van der Waals surface area (Å²) < 4.78 is 0. The maximum absolute atomic E-state index is 11.8. The fraction of sp³-hybridized carbons (Fsp3) is 0.462. The number of amides is 1. The second-order valence-corrected chi connectivity index (χ2v) is 5.07. The van der Waals surface area contributed by atoms with E-state index in [4.69, 9.17) is 5.73 Å². The van der Waals surface area contributed by atoms with Gasteiger partial charge in [-0.25, -0.2) is 0 Å². The number of nitrogens with two attached hydrogens (primary N) is 1. The number of anilines is 2. The van der Waals surface area contributed by atoms with Crippen LogP contribution in [0.5, 0.6) is 0 Å². The second kappa shape index (κ2) is 4.75. The molecule has 3 N–H and O–H groups in total. The number of carbonyl (C=O) groups excluding carboxylic acids is 1. The van der Waals surface area contributed by atoms with Crippen LogP contribution in [0.2, 0.25) is 0 Å². The van der Waals surface area contributed by atoms with E-state index in [2.05, 4.69) is 5.32 Å². The number of hydrogen-bond acceptors (Lipinski definition) is 3. The number of benzene rings is 1. The summed E-state index contributed by atoms with van der Waals surface area (Å²) >= 11 is 0. The first-order valence-electron chi connectivity index (χ1n) is 5.60. The van der Waals surface area contributed by atoms with E-state index in [1.54, 1.807) is 13.8 Å². The second-order valence-electron chi connectivity index (χ2n) is 5.07. The van der Waals surface area contributed by atoms with Crippen molar-refractivity contribution in [1.82, 2.24) is 0 Å². The molecule has 4 nitrogen and oxygen atoms in total. The standard InChI is InChI=1S/C13H21N3O/c1-9-8-10(16(4)5)6-7-11(9)15-12(17)13(2,3)14/h6-8H,14H2,1-5H3,(H,15,17). The van der Waals surface area contributed by atoms with Gasteiger partial charge in [0.25, 0.3) is 0 Å². The third kappa shape index (κ3) is 3.46. The summed E-state index contributed by atoms with van der Waals surface area (Å²) in [5.74, 6) is -0.182. The van der Waals surface area contributed by atoms with Crippen LogP contribution in [0.25, 0.3) is 0 Å². The molecule has 0 aliphatic heterocycles. The lowest BCUT2D eigenvalue weighted by molar-refractivity contribution is -0.120. The van der Waals surface area contributed by atoms with Crippen LogP contribution in [0.1, 0.15) is 19.4 Å². The average molecular weight is 235 g/mol. The van der Waals surface area contributed by atoms with Crippen LogP contribution in [0.4, 0.5) is 11.4 Å². The highest BCUT2D eigenvalue weighted by Crippen LogP contribution is 2.21. The summed E-state index contributed by atoms with van der Waals surface area (Å²) in [5.41, 5.74) is 7.80. The van der Waals surface area contributed by atoms with Gasteiger partial charge in [-0.2, -0.15) is 0 Å². The van der Waals surface area contributed by atoms with Gasteiger partial charge in [-0.1, -0.05) is 0 Å². The van der Waals surface area contributed by atoms with Crippen LogP contribution in [0, 0.1) is 6.92 Å². The van der Waals surface area contributed by atoms with Crippen molar-refractivity contribution in [2.75, 3.05) is 24.3 Å². The summed E-state index contributed by atoms with van der Waals surface area (Å²) in [6.07, 6.45) is 0. The van der Waals surface area contributed by atoms with Gasteiger partial charge in [-0.05, 0) is 44.5 Å². The molecule has 0 saturated carbocycles. The Hall–Kier alpha value is -1.55. The average Bonchev–Trinajstić information content (AvgIpc) is 2.19. The summed E-state index contributed by atoms with van der Waals surface area (Å²) in [5, 5.41) is 2.83. The molecule has 17 heavy (non-hydrogen) atoms. The largest absolute Gasteiger partial charge is 0.378 e. The smallest absolute Gasteiger partial charge is 0.243 e. The Morgan fingerprint density at radius 3 is 2.35 bits per heavy atom. The van der Waals surface area contributed by atoms with Crippen molar-refractivity contribution in [3.63, 3.8) is 0 Å². The lowest BCUT2D eigenvalue weighted by Crippen LogP contribution is -2.45. The van der Waals surface area contributed by atoms with Crippen molar-refractivity contribution < 1.29 is 4.79 Å². The van der Waals surface area contributed by atoms with Gasteiger partial charge in [0.05, 0.1) is 5.54 Å². The lowest BCUT2D eigenvalue weighted by Gasteiger charge is -2.20. The van der Waals surface area contributed by atoms with Crippen molar-refractivity contribution in [1.29, 1.82) is 0 Å². The zero-order valence-electron chi connectivity index (χ0n) is 11.2. The molecule has 1 amide bonds. The van der Waals surface area contributed by atoms with Gasteiger partial charge in [-0.3, -0.25) is 4.79 Å². The van der Waals surface area contributed by atoms with Gasteiger partial charge in [-0.15, -0.1) is 0 Å². The molecule has 1 aromatic rings. The van der Waals surface area contributed by atoms with Crippen LogP contribution < -0.4 is 16.0 Å². The van der Waals surface area contributed by atoms with E-state index >= 15 is 0 Å². The van der Waals surface area contributed by atoms with E-state index in [0.717, 1.165) is 16.9 Å². The van der Waals surface area contributed by atoms with Crippen molar-refractivity contribution in [3.8, 4) is 0 Å². The SMILES string of the molecule is Cc1cc(N(C)C)ccc1NC(=O)C(C)(C)N. The molecular formula is C13H21N3O. The normalized spacial score (nSPS) is 11.2. The maximum atomic E-state index is 11.8. The minimum atomic E-state index is -0.868. The quantitative estimate of drug-likeness (QED) is 0.839. The Morgan fingerprint density at radius 1 is 1.35 bits per heavy atom. The van der Waals surface area contributed by atoms with Gasteiger partial charge < -0.3 is 16.0 Å². The molecule has 0 bridgehead atoms. The van der Waals surface area contributed by atoms with E-state index in [0.29, 0.717) is 0 Å². The summed E-state index contributed by atoms with van der Waals surface area (Å²) in [6, 6.07) is 5.89. The van der Waals surface area contributed by atoms with E-state index in [9.17, 15) is 4.79 Å². The van der Waals surface area contributed by atoms with Crippen molar-refractivity contribution in [3.05, 3.63) is 23.8 Å². The monoisotopic (exact) mass is 235 g/mol.